The topological polar surface area (TPSA) is 376 Å². The highest BCUT2D eigenvalue weighted by molar-refractivity contribution is 7.47. The third-order valence-corrected chi connectivity index (χ3v) is 8.67. The van der Waals surface area contributed by atoms with Gasteiger partial charge in [-0.05, 0) is 38.0 Å². The minimum atomic E-state index is -5.25. The Labute approximate surface area is 296 Å². The van der Waals surface area contributed by atoms with Crippen LogP contribution < -0.4 is 26.4 Å². The van der Waals surface area contributed by atoms with E-state index in [1.165, 1.54) is 28.8 Å². The number of nitrogens with zero attached hydrogens (tertiary/aromatic N) is 1. The number of phenols is 1. The number of phenolic OH excluding ortho intramolecular Hbond substituents is 1. The third kappa shape index (κ3) is 11.9. The summed E-state index contributed by atoms with van der Waals surface area (Å²) < 4.78 is 23.0. The van der Waals surface area contributed by atoms with Gasteiger partial charge in [0.1, 0.15) is 59.7 Å². The summed E-state index contributed by atoms with van der Waals surface area (Å²) in [7, 11) is -5.25. The summed E-state index contributed by atoms with van der Waals surface area (Å²) in [6.07, 6.45) is -10.3. The van der Waals surface area contributed by atoms with Crippen molar-refractivity contribution in [2.24, 2.45) is 0 Å². The van der Waals surface area contributed by atoms with Gasteiger partial charge in [-0.15, -0.1) is 0 Å². The summed E-state index contributed by atoms with van der Waals surface area (Å²) in [5.41, 5.74) is -1.64. The van der Waals surface area contributed by atoms with Gasteiger partial charge < -0.3 is 51.3 Å². The minimum Gasteiger partial charge on any atom is -0.508 e. The van der Waals surface area contributed by atoms with E-state index < -0.39 is 124 Å². The molecule has 0 aliphatic carbocycles. The van der Waals surface area contributed by atoms with Crippen LogP contribution in [0.2, 0.25) is 0 Å². The number of aromatic amines is 2. The maximum atomic E-state index is 12.5. The van der Waals surface area contributed by atoms with Gasteiger partial charge in [0, 0.05) is 24.3 Å². The Morgan fingerprint density at radius 1 is 0.906 bits per heavy atom. The number of aliphatic hydroxyl groups is 3. The van der Waals surface area contributed by atoms with Crippen molar-refractivity contribution in [3.05, 3.63) is 45.1 Å². The molecule has 0 spiro atoms. The molecule has 23 nitrogen and oxygen atoms in total. The van der Waals surface area contributed by atoms with Crippen molar-refractivity contribution in [2.75, 3.05) is 6.61 Å². The Balaban J connectivity index is 1.59. The normalized spacial score (nSPS) is 16.1. The zero-order valence-electron chi connectivity index (χ0n) is 27.6. The van der Waals surface area contributed by atoms with Crippen LogP contribution in [0.15, 0.2) is 33.9 Å². The van der Waals surface area contributed by atoms with Gasteiger partial charge in [0.15, 0.2) is 0 Å². The lowest BCUT2D eigenvalue weighted by molar-refractivity contribution is -0.656. The van der Waals surface area contributed by atoms with Crippen LogP contribution in [-0.4, -0.2) is 123 Å². The van der Waals surface area contributed by atoms with E-state index in [1.807, 2.05) is 15.6 Å². The van der Waals surface area contributed by atoms with E-state index in [9.17, 15) is 68.6 Å². The Hall–Kier alpha value is -5.29. The number of nitrogens with one attached hydrogen (secondary N) is 4. The van der Waals surface area contributed by atoms with Crippen molar-refractivity contribution < 1.29 is 82.8 Å². The maximum absolute atomic E-state index is 12.5. The molecule has 0 saturated heterocycles. The van der Waals surface area contributed by atoms with Crippen molar-refractivity contribution in [1.82, 2.24) is 20.6 Å². The average molecular weight is 775 g/mol. The average Bonchev–Trinajstić information content (AvgIpc) is 3.06. The second-order valence-corrected chi connectivity index (χ2v) is 13.0. The van der Waals surface area contributed by atoms with E-state index in [4.69, 9.17) is 10.2 Å². The number of carbonyl (C=O) groups excluding carboxylic acids is 2. The van der Waals surface area contributed by atoms with Gasteiger partial charge in [-0.3, -0.25) is 33.2 Å². The van der Waals surface area contributed by atoms with Crippen molar-refractivity contribution in [3.8, 4) is 5.75 Å². The van der Waals surface area contributed by atoms with E-state index in [2.05, 4.69) is 14.0 Å². The monoisotopic (exact) mass is 774 g/mol. The van der Waals surface area contributed by atoms with Gasteiger partial charge >= 0.3 is 31.4 Å². The smallest absolute Gasteiger partial charge is 0.473 e. The number of aromatic hydroxyl groups is 1. The molecule has 12 N–H and O–H groups in total. The molecule has 24 heteroatoms. The molecule has 0 saturated carbocycles. The summed E-state index contributed by atoms with van der Waals surface area (Å²) in [6, 6.07) is 2.02. The molecule has 2 heterocycles. The standard InChI is InChI=1S/C29H36N5O18P/c1-12(25(42)31-17(28(46)47)4-6-21(38)30-16(27(44)45)5-7-22(39)40)52-53(49,50)51-11-20(37)23(41)19(36)10-34-18-9-14(35)3-2-13(18)8-15-24(34)32-29(48)33-26(15)43/h2-3,8-9,12,16-17,19-20,23,36-37,41H,4-7,10-11H2,1H3,(H8,30,31,32,33,35,38,39,40,42,43,44,45,46,47,48,49,50)/p+1/t12-,16-,17-,19-,20+,23-/m0/s1. The number of hydrogen-bond donors (Lipinski definition) is 12. The minimum absolute atomic E-state index is 0.0381. The summed E-state index contributed by atoms with van der Waals surface area (Å²) in [5, 5.41) is 73.4. The van der Waals surface area contributed by atoms with E-state index in [1.54, 1.807) is 0 Å². The molecule has 0 radical (unpaired) electrons. The van der Waals surface area contributed by atoms with Crippen LogP contribution in [-0.2, 0) is 44.1 Å². The number of pyridine rings is 1. The number of aromatic nitrogens is 3. The first kappa shape index (κ1) is 42.1. The van der Waals surface area contributed by atoms with Crippen LogP contribution >= 0.6 is 7.82 Å². The second kappa shape index (κ2) is 18.0. The van der Waals surface area contributed by atoms with Gasteiger partial charge in [-0.25, -0.2) is 23.5 Å². The fourth-order valence-corrected chi connectivity index (χ4v) is 5.79. The number of rotatable bonds is 20. The van der Waals surface area contributed by atoms with Gasteiger partial charge in [0.05, 0.1) is 6.61 Å². The summed E-state index contributed by atoms with van der Waals surface area (Å²) in [6.45, 7) is -0.868. The van der Waals surface area contributed by atoms with Crippen LogP contribution in [0.3, 0.4) is 0 Å². The zero-order chi connectivity index (χ0) is 39.8. The number of carboxylic acids is 3. The molecule has 3 aromatic rings. The quantitative estimate of drug-likeness (QED) is 0.0305. The first-order valence-corrected chi connectivity index (χ1v) is 17.0. The predicted octanol–water partition coefficient (Wildman–Crippen LogP) is -3.25. The number of phosphoric acid groups is 1. The number of aliphatic hydroxyl groups excluding tert-OH is 3. The highest BCUT2D eigenvalue weighted by atomic mass is 31.2. The Morgan fingerprint density at radius 3 is 2.15 bits per heavy atom. The molecule has 2 amide bonds. The van der Waals surface area contributed by atoms with Crippen molar-refractivity contribution >= 4 is 59.5 Å². The van der Waals surface area contributed by atoms with E-state index in [-0.39, 0.29) is 22.3 Å². The van der Waals surface area contributed by atoms with Crippen LogP contribution in [0, 0.1) is 0 Å². The molecule has 290 valence electrons. The van der Waals surface area contributed by atoms with E-state index >= 15 is 0 Å². The number of hydrogen-bond acceptors (Lipinski definition) is 14. The fraction of sp³-hybridized carbons (Fsp3) is 0.448. The van der Waals surface area contributed by atoms with Crippen molar-refractivity contribution in [3.63, 3.8) is 0 Å². The number of benzene rings is 1. The first-order valence-electron chi connectivity index (χ1n) is 15.5. The maximum Gasteiger partial charge on any atom is 0.473 e. The molecule has 1 unspecified atom stereocenters. The molecule has 0 aliphatic heterocycles. The number of phosphoric ester groups is 1. The number of fused-ring (bicyclic) bond motifs is 2. The lowest BCUT2D eigenvalue weighted by Crippen LogP contribution is -2.50. The number of carboxylic acid groups (broad SMARTS) is 3. The van der Waals surface area contributed by atoms with Gasteiger partial charge in [-0.2, -0.15) is 4.98 Å². The lowest BCUT2D eigenvalue weighted by atomic mass is 10.1. The predicted molar refractivity (Wildman–Crippen MR) is 174 cm³/mol. The largest absolute Gasteiger partial charge is 0.508 e. The highest BCUT2D eigenvalue weighted by Gasteiger charge is 2.35. The molecule has 0 bridgehead atoms. The van der Waals surface area contributed by atoms with Crippen LogP contribution in [0.5, 0.6) is 5.75 Å². The Kier molecular flexibility index (Phi) is 14.3. The number of carbonyl (C=O) groups is 5. The molecular weight excluding hydrogens is 737 g/mol. The Morgan fingerprint density at radius 2 is 1.53 bits per heavy atom. The summed E-state index contributed by atoms with van der Waals surface area (Å²) in [4.78, 5) is 97.3. The Bertz CT molecular complexity index is 2030. The molecule has 7 atom stereocenters. The number of amides is 2. The molecule has 2 aromatic heterocycles. The summed E-state index contributed by atoms with van der Waals surface area (Å²) in [5.74, 6) is -6.98. The van der Waals surface area contributed by atoms with Gasteiger partial charge in [0.25, 0.3) is 11.2 Å². The van der Waals surface area contributed by atoms with E-state index in [0.717, 1.165) is 6.92 Å². The number of aliphatic carboxylic acids is 3. The van der Waals surface area contributed by atoms with Crippen molar-refractivity contribution in [1.29, 1.82) is 0 Å². The van der Waals surface area contributed by atoms with Crippen LogP contribution in [0.4, 0.5) is 0 Å². The van der Waals surface area contributed by atoms with Crippen LogP contribution in [0.25, 0.3) is 21.9 Å². The fourth-order valence-electron chi connectivity index (χ4n) is 4.90. The molecule has 0 aliphatic rings. The zero-order valence-corrected chi connectivity index (χ0v) is 28.5. The first-order chi connectivity index (χ1) is 24.7. The molecular formula is C29H37N5O18P+. The van der Waals surface area contributed by atoms with Crippen molar-refractivity contribution in [2.45, 2.75) is 75.7 Å². The third-order valence-electron chi connectivity index (χ3n) is 7.62. The molecule has 53 heavy (non-hydrogen) atoms. The molecule has 3 rings (SSSR count). The van der Waals surface area contributed by atoms with Gasteiger partial charge in [0.2, 0.25) is 11.8 Å². The van der Waals surface area contributed by atoms with E-state index in [0.29, 0.717) is 5.39 Å². The molecule has 1 aromatic carbocycles. The SMILES string of the molecule is C[C@H](OP(=O)(O)OC[C@@H](O)[C@@H](O)[C@@H](O)C[n+]1c2cc(O)ccc2cc2c(=O)[nH]c(=O)[nH]c21)C(=O)N[C@@H](CCC(=O)N[C@@H](CCC(=O)O)C(=O)O)C(=O)O. The lowest BCUT2D eigenvalue weighted by Gasteiger charge is -2.24. The highest BCUT2D eigenvalue weighted by Crippen LogP contribution is 2.44. The number of H-pyrrole nitrogens is 2. The second-order valence-electron chi connectivity index (χ2n) is 11.6. The summed E-state index contributed by atoms with van der Waals surface area (Å²) >= 11 is 0. The molecule has 0 fully saturated rings. The van der Waals surface area contributed by atoms with Gasteiger partial charge in [-0.1, -0.05) is 0 Å². The van der Waals surface area contributed by atoms with Crippen LogP contribution in [0.1, 0.15) is 32.6 Å².